The van der Waals surface area contributed by atoms with Crippen LogP contribution in [0, 0.1) is 0 Å². The molecule has 0 saturated carbocycles. The van der Waals surface area contributed by atoms with Crippen molar-refractivity contribution in [2.24, 2.45) is 5.73 Å². The largest absolute Gasteiger partial charge is 0.325 e. The van der Waals surface area contributed by atoms with Crippen LogP contribution in [0.3, 0.4) is 0 Å². The van der Waals surface area contributed by atoms with Crippen LogP contribution in [0.1, 0.15) is 19.4 Å². The third-order valence-electron chi connectivity index (χ3n) is 2.58. The molecule has 0 aliphatic rings. The second-order valence-electron chi connectivity index (χ2n) is 4.97. The minimum absolute atomic E-state index is 0.217. The lowest BCUT2D eigenvalue weighted by Gasteiger charge is -2.18. The van der Waals surface area contributed by atoms with Gasteiger partial charge < -0.3 is 11.1 Å². The lowest BCUT2D eigenvalue weighted by molar-refractivity contribution is -0.120. The van der Waals surface area contributed by atoms with Crippen molar-refractivity contribution >= 4 is 11.6 Å². The molecule has 1 aromatic carbocycles. The van der Waals surface area contributed by atoms with Gasteiger partial charge in [0.15, 0.2) is 0 Å². The molecule has 6 nitrogen and oxygen atoms in total. The fourth-order valence-corrected chi connectivity index (χ4v) is 1.54. The molecule has 3 N–H and O–H groups in total. The molecule has 1 amide bonds. The van der Waals surface area contributed by atoms with Gasteiger partial charge in [-0.2, -0.15) is 5.10 Å². The quantitative estimate of drug-likeness (QED) is 0.857. The van der Waals surface area contributed by atoms with E-state index in [2.05, 4.69) is 15.4 Å². The minimum atomic E-state index is -0.901. The third-order valence-corrected chi connectivity index (χ3v) is 2.58. The molecule has 2 rings (SSSR count). The van der Waals surface area contributed by atoms with Crippen LogP contribution in [0.15, 0.2) is 36.9 Å². The van der Waals surface area contributed by atoms with Gasteiger partial charge in [-0.05, 0) is 31.5 Å². The molecule has 0 atom stereocenters. The second-order valence-corrected chi connectivity index (χ2v) is 4.97. The number of nitrogens with one attached hydrogen (secondary N) is 1. The number of nitrogens with zero attached hydrogens (tertiary/aromatic N) is 3. The van der Waals surface area contributed by atoms with Gasteiger partial charge in [0.1, 0.15) is 12.7 Å². The Morgan fingerprint density at radius 2 is 2.26 bits per heavy atom. The number of rotatable bonds is 4. The van der Waals surface area contributed by atoms with E-state index < -0.39 is 5.54 Å². The van der Waals surface area contributed by atoms with Gasteiger partial charge in [-0.3, -0.25) is 4.79 Å². The van der Waals surface area contributed by atoms with E-state index in [1.807, 2.05) is 24.3 Å². The van der Waals surface area contributed by atoms with Crippen molar-refractivity contribution in [3.05, 3.63) is 42.5 Å². The predicted molar refractivity (Wildman–Crippen MR) is 72.5 cm³/mol. The van der Waals surface area contributed by atoms with Gasteiger partial charge in [0, 0.05) is 5.69 Å². The molecule has 0 fully saturated rings. The van der Waals surface area contributed by atoms with Gasteiger partial charge in [0.25, 0.3) is 0 Å². The summed E-state index contributed by atoms with van der Waals surface area (Å²) in [6, 6.07) is 7.57. The summed E-state index contributed by atoms with van der Waals surface area (Å²) >= 11 is 0. The Kier molecular flexibility index (Phi) is 3.62. The highest BCUT2D eigenvalue weighted by molar-refractivity contribution is 5.97. The average molecular weight is 259 g/mol. The molecule has 2 aromatic rings. The number of carbonyl (C=O) groups is 1. The van der Waals surface area contributed by atoms with Crippen LogP contribution in [-0.4, -0.2) is 26.2 Å². The van der Waals surface area contributed by atoms with Gasteiger partial charge in [-0.1, -0.05) is 12.1 Å². The first-order chi connectivity index (χ1) is 8.95. The van der Waals surface area contributed by atoms with E-state index in [1.54, 1.807) is 24.9 Å². The second kappa shape index (κ2) is 5.19. The molecule has 0 saturated heterocycles. The maximum Gasteiger partial charge on any atom is 0.243 e. The van der Waals surface area contributed by atoms with E-state index in [0.717, 1.165) is 11.3 Å². The molecule has 0 unspecified atom stereocenters. The number of benzene rings is 1. The van der Waals surface area contributed by atoms with Crippen molar-refractivity contribution in [2.45, 2.75) is 25.9 Å². The van der Waals surface area contributed by atoms with E-state index in [-0.39, 0.29) is 5.91 Å². The molecule has 6 heteroatoms. The first-order valence-electron chi connectivity index (χ1n) is 5.97. The van der Waals surface area contributed by atoms with Crippen LogP contribution in [0.4, 0.5) is 5.69 Å². The number of amides is 1. The van der Waals surface area contributed by atoms with Crippen LogP contribution < -0.4 is 11.1 Å². The van der Waals surface area contributed by atoms with Crippen molar-refractivity contribution in [1.29, 1.82) is 0 Å². The fraction of sp³-hybridized carbons (Fsp3) is 0.308. The first kappa shape index (κ1) is 13.2. The zero-order valence-electron chi connectivity index (χ0n) is 11.0. The number of aromatic nitrogens is 3. The van der Waals surface area contributed by atoms with Crippen molar-refractivity contribution < 1.29 is 4.79 Å². The van der Waals surface area contributed by atoms with Crippen LogP contribution >= 0.6 is 0 Å². The van der Waals surface area contributed by atoms with E-state index >= 15 is 0 Å². The lowest BCUT2D eigenvalue weighted by Crippen LogP contribution is -2.45. The van der Waals surface area contributed by atoms with Gasteiger partial charge in [0.2, 0.25) is 5.91 Å². The van der Waals surface area contributed by atoms with Crippen LogP contribution in [0.5, 0.6) is 0 Å². The fourth-order valence-electron chi connectivity index (χ4n) is 1.54. The van der Waals surface area contributed by atoms with Gasteiger partial charge in [-0.25, -0.2) is 9.67 Å². The van der Waals surface area contributed by atoms with E-state index in [1.165, 1.54) is 6.33 Å². The Hall–Kier alpha value is -2.21. The summed E-state index contributed by atoms with van der Waals surface area (Å²) in [4.78, 5) is 15.7. The number of nitrogens with two attached hydrogens (primary N) is 1. The summed E-state index contributed by atoms with van der Waals surface area (Å²) in [7, 11) is 0. The number of carbonyl (C=O) groups excluding carboxylic acids is 1. The summed E-state index contributed by atoms with van der Waals surface area (Å²) in [5, 5.41) is 6.83. The summed E-state index contributed by atoms with van der Waals surface area (Å²) in [6.45, 7) is 3.94. The summed E-state index contributed by atoms with van der Waals surface area (Å²) in [5.41, 5.74) is 6.59. The van der Waals surface area contributed by atoms with Gasteiger partial charge in [0.05, 0.1) is 12.1 Å². The minimum Gasteiger partial charge on any atom is -0.325 e. The Morgan fingerprint density at radius 3 is 2.89 bits per heavy atom. The normalized spacial score (nSPS) is 11.3. The monoisotopic (exact) mass is 259 g/mol. The van der Waals surface area contributed by atoms with Crippen LogP contribution in [-0.2, 0) is 11.3 Å². The molecule has 0 aliphatic carbocycles. The standard InChI is InChI=1S/C13H17N5O/c1-13(2,14)12(19)17-11-5-3-4-10(6-11)7-18-9-15-8-16-18/h3-6,8-9H,7,14H2,1-2H3,(H,17,19). The van der Waals surface area contributed by atoms with E-state index in [4.69, 9.17) is 5.73 Å². The van der Waals surface area contributed by atoms with Crippen molar-refractivity contribution in [1.82, 2.24) is 14.8 Å². The number of hydrogen-bond donors (Lipinski definition) is 2. The molecule has 100 valence electrons. The zero-order valence-corrected chi connectivity index (χ0v) is 11.0. The lowest BCUT2D eigenvalue weighted by atomic mass is 10.1. The van der Waals surface area contributed by atoms with Crippen molar-refractivity contribution in [2.75, 3.05) is 5.32 Å². The molecule has 0 aliphatic heterocycles. The molecular weight excluding hydrogens is 242 g/mol. The molecule has 1 aromatic heterocycles. The highest BCUT2D eigenvalue weighted by Crippen LogP contribution is 2.13. The molecule has 19 heavy (non-hydrogen) atoms. The Bertz CT molecular complexity index is 557. The smallest absolute Gasteiger partial charge is 0.243 e. The number of anilines is 1. The molecule has 0 radical (unpaired) electrons. The molecule has 0 bridgehead atoms. The highest BCUT2D eigenvalue weighted by atomic mass is 16.2. The molecule has 1 heterocycles. The molecule has 0 spiro atoms. The van der Waals surface area contributed by atoms with E-state index in [9.17, 15) is 4.79 Å². The Balaban J connectivity index is 2.09. The van der Waals surface area contributed by atoms with Crippen LogP contribution in [0.2, 0.25) is 0 Å². The highest BCUT2D eigenvalue weighted by Gasteiger charge is 2.21. The molecular formula is C13H17N5O. The maximum atomic E-state index is 11.8. The number of hydrogen-bond acceptors (Lipinski definition) is 4. The SMILES string of the molecule is CC(C)(N)C(=O)Nc1cccc(Cn2cncn2)c1. The Labute approximate surface area is 111 Å². The zero-order chi connectivity index (χ0) is 13.9. The van der Waals surface area contributed by atoms with Crippen LogP contribution in [0.25, 0.3) is 0 Å². The predicted octanol–water partition coefficient (Wildman–Crippen LogP) is 1.00. The van der Waals surface area contributed by atoms with Crippen molar-refractivity contribution in [3.63, 3.8) is 0 Å². The van der Waals surface area contributed by atoms with Crippen molar-refractivity contribution in [3.8, 4) is 0 Å². The Morgan fingerprint density at radius 1 is 1.47 bits per heavy atom. The summed E-state index contributed by atoms with van der Waals surface area (Å²) in [5.74, 6) is -0.217. The first-order valence-corrected chi connectivity index (χ1v) is 5.97. The van der Waals surface area contributed by atoms with E-state index in [0.29, 0.717) is 6.54 Å². The van der Waals surface area contributed by atoms with Gasteiger partial charge >= 0.3 is 0 Å². The third kappa shape index (κ3) is 3.62. The maximum absolute atomic E-state index is 11.8. The van der Waals surface area contributed by atoms with Gasteiger partial charge in [-0.15, -0.1) is 0 Å². The average Bonchev–Trinajstić information content (AvgIpc) is 2.81. The topological polar surface area (TPSA) is 85.8 Å². The summed E-state index contributed by atoms with van der Waals surface area (Å²) < 4.78 is 1.72. The summed E-state index contributed by atoms with van der Waals surface area (Å²) in [6.07, 6.45) is 3.14.